The van der Waals surface area contributed by atoms with Crippen LogP contribution in [0.5, 0.6) is 0 Å². The highest BCUT2D eigenvalue weighted by atomic mass is 16.5. The average Bonchev–Trinajstić information content (AvgIpc) is 2.76. The van der Waals surface area contributed by atoms with Gasteiger partial charge in [-0.2, -0.15) is 4.98 Å². The van der Waals surface area contributed by atoms with Gasteiger partial charge in [-0.15, -0.1) is 0 Å². The second kappa shape index (κ2) is 5.80. The standard InChI is InChI=1S/C13H23N3O2/c1-5-6-12-14-13(18-15-12)11(4)16-7-9(2)17-10(3)8-16/h9-11H,5-8H2,1-4H3/t9-,10+,11-/m0/s1. The number of nitrogens with zero attached hydrogens (tertiary/aromatic N) is 3. The van der Waals surface area contributed by atoms with Crippen molar-refractivity contribution in [3.63, 3.8) is 0 Å². The van der Waals surface area contributed by atoms with Gasteiger partial charge in [0.05, 0.1) is 18.2 Å². The second-order valence-electron chi connectivity index (χ2n) is 5.19. The van der Waals surface area contributed by atoms with Crippen LogP contribution in [0.25, 0.3) is 0 Å². The van der Waals surface area contributed by atoms with Gasteiger partial charge in [0.2, 0.25) is 5.89 Å². The number of rotatable bonds is 4. The summed E-state index contributed by atoms with van der Waals surface area (Å²) in [6.07, 6.45) is 2.44. The fraction of sp³-hybridized carbons (Fsp3) is 0.846. The lowest BCUT2D eigenvalue weighted by atomic mass is 10.2. The van der Waals surface area contributed by atoms with Crippen LogP contribution in [0.1, 0.15) is 51.9 Å². The van der Waals surface area contributed by atoms with Gasteiger partial charge in [-0.1, -0.05) is 12.1 Å². The van der Waals surface area contributed by atoms with E-state index >= 15 is 0 Å². The van der Waals surface area contributed by atoms with Gasteiger partial charge < -0.3 is 9.26 Å². The monoisotopic (exact) mass is 253 g/mol. The topological polar surface area (TPSA) is 51.4 Å². The highest BCUT2D eigenvalue weighted by Crippen LogP contribution is 2.23. The smallest absolute Gasteiger partial charge is 0.243 e. The molecule has 0 saturated carbocycles. The molecule has 1 fully saturated rings. The van der Waals surface area contributed by atoms with Crippen LogP contribution in [0.15, 0.2) is 4.52 Å². The average molecular weight is 253 g/mol. The van der Waals surface area contributed by atoms with Gasteiger partial charge in [-0.3, -0.25) is 4.90 Å². The highest BCUT2D eigenvalue weighted by Gasteiger charge is 2.29. The third kappa shape index (κ3) is 3.09. The molecule has 0 radical (unpaired) electrons. The number of hydrogen-bond donors (Lipinski definition) is 0. The van der Waals surface area contributed by atoms with E-state index in [0.29, 0.717) is 0 Å². The fourth-order valence-corrected chi connectivity index (χ4v) is 2.45. The van der Waals surface area contributed by atoms with Crippen molar-refractivity contribution in [1.29, 1.82) is 0 Å². The van der Waals surface area contributed by atoms with Gasteiger partial charge >= 0.3 is 0 Å². The van der Waals surface area contributed by atoms with Crippen molar-refractivity contribution in [2.45, 2.75) is 58.8 Å². The normalized spacial score (nSPS) is 27.3. The van der Waals surface area contributed by atoms with Gasteiger partial charge in [0, 0.05) is 19.5 Å². The Hall–Kier alpha value is -0.940. The summed E-state index contributed by atoms with van der Waals surface area (Å²) in [5, 5.41) is 4.02. The van der Waals surface area contributed by atoms with E-state index in [-0.39, 0.29) is 18.2 Å². The molecule has 0 amide bonds. The predicted octanol–water partition coefficient (Wildman–Crippen LogP) is 2.19. The van der Waals surface area contributed by atoms with Gasteiger partial charge in [0.1, 0.15) is 0 Å². The van der Waals surface area contributed by atoms with Crippen molar-refractivity contribution in [3.8, 4) is 0 Å². The van der Waals surface area contributed by atoms with Crippen molar-refractivity contribution < 1.29 is 9.26 Å². The van der Waals surface area contributed by atoms with Crippen LogP contribution in [0, 0.1) is 0 Å². The van der Waals surface area contributed by atoms with E-state index in [1.165, 1.54) is 0 Å². The molecule has 5 nitrogen and oxygen atoms in total. The van der Waals surface area contributed by atoms with E-state index in [9.17, 15) is 0 Å². The van der Waals surface area contributed by atoms with E-state index in [4.69, 9.17) is 9.26 Å². The maximum absolute atomic E-state index is 5.74. The molecule has 0 aliphatic carbocycles. The van der Waals surface area contributed by atoms with Gasteiger partial charge in [0.25, 0.3) is 0 Å². The summed E-state index contributed by atoms with van der Waals surface area (Å²) in [6.45, 7) is 10.3. The summed E-state index contributed by atoms with van der Waals surface area (Å²) < 4.78 is 11.1. The molecular weight excluding hydrogens is 230 g/mol. The lowest BCUT2D eigenvalue weighted by Crippen LogP contribution is -2.46. The zero-order valence-corrected chi connectivity index (χ0v) is 11.7. The van der Waals surface area contributed by atoms with E-state index in [0.717, 1.165) is 37.6 Å². The maximum Gasteiger partial charge on any atom is 0.243 e. The molecule has 0 spiro atoms. The Morgan fingerprint density at radius 1 is 1.33 bits per heavy atom. The summed E-state index contributed by atoms with van der Waals surface area (Å²) in [5.41, 5.74) is 0. The molecule has 18 heavy (non-hydrogen) atoms. The summed E-state index contributed by atoms with van der Waals surface area (Å²) in [4.78, 5) is 6.81. The Morgan fingerprint density at radius 2 is 2.00 bits per heavy atom. The number of ether oxygens (including phenoxy) is 1. The number of morpholine rings is 1. The lowest BCUT2D eigenvalue weighted by Gasteiger charge is -2.37. The van der Waals surface area contributed by atoms with Crippen LogP contribution >= 0.6 is 0 Å². The molecule has 1 saturated heterocycles. The van der Waals surface area contributed by atoms with E-state index in [1.54, 1.807) is 0 Å². The van der Waals surface area contributed by atoms with Gasteiger partial charge in [0.15, 0.2) is 5.82 Å². The SMILES string of the molecule is CCCc1noc([C@H](C)N2C[C@@H](C)O[C@@H](C)C2)n1. The van der Waals surface area contributed by atoms with Crippen LogP contribution in [-0.2, 0) is 11.2 Å². The molecule has 1 aliphatic heterocycles. The molecule has 1 aromatic heterocycles. The molecular formula is C13H23N3O2. The zero-order valence-electron chi connectivity index (χ0n) is 11.7. The third-order valence-corrected chi connectivity index (χ3v) is 3.31. The summed E-state index contributed by atoms with van der Waals surface area (Å²) >= 11 is 0. The van der Waals surface area contributed by atoms with Crippen LogP contribution in [0.3, 0.4) is 0 Å². The Bertz CT molecular complexity index is 370. The maximum atomic E-state index is 5.74. The summed E-state index contributed by atoms with van der Waals surface area (Å²) in [6, 6.07) is 0.164. The molecule has 0 N–H and O–H groups in total. The minimum absolute atomic E-state index is 0.164. The third-order valence-electron chi connectivity index (χ3n) is 3.31. The molecule has 0 aromatic carbocycles. The van der Waals surface area contributed by atoms with Crippen molar-refractivity contribution in [2.75, 3.05) is 13.1 Å². The van der Waals surface area contributed by atoms with E-state index in [1.807, 2.05) is 0 Å². The molecule has 3 atom stereocenters. The summed E-state index contributed by atoms with van der Waals surface area (Å²) in [5.74, 6) is 1.54. The zero-order chi connectivity index (χ0) is 13.1. The minimum atomic E-state index is 0.164. The van der Waals surface area contributed by atoms with Crippen molar-refractivity contribution in [2.24, 2.45) is 0 Å². The molecule has 0 bridgehead atoms. The molecule has 5 heteroatoms. The summed E-state index contributed by atoms with van der Waals surface area (Å²) in [7, 11) is 0. The van der Waals surface area contributed by atoms with E-state index < -0.39 is 0 Å². The first-order valence-corrected chi connectivity index (χ1v) is 6.82. The van der Waals surface area contributed by atoms with Crippen LogP contribution in [0.4, 0.5) is 0 Å². The molecule has 102 valence electrons. The molecule has 2 rings (SSSR count). The second-order valence-corrected chi connectivity index (χ2v) is 5.19. The molecule has 0 unspecified atom stereocenters. The number of aryl methyl sites for hydroxylation is 1. The number of aromatic nitrogens is 2. The molecule has 2 heterocycles. The van der Waals surface area contributed by atoms with Crippen molar-refractivity contribution in [3.05, 3.63) is 11.7 Å². The first-order chi connectivity index (χ1) is 8.60. The van der Waals surface area contributed by atoms with Gasteiger partial charge in [-0.25, -0.2) is 0 Å². The molecule has 1 aliphatic rings. The first kappa shape index (κ1) is 13.5. The van der Waals surface area contributed by atoms with E-state index in [2.05, 4.69) is 42.7 Å². The highest BCUT2D eigenvalue weighted by molar-refractivity contribution is 4.93. The fourth-order valence-electron chi connectivity index (χ4n) is 2.45. The lowest BCUT2D eigenvalue weighted by molar-refractivity contribution is -0.0818. The Labute approximate surface area is 108 Å². The van der Waals surface area contributed by atoms with Gasteiger partial charge in [-0.05, 0) is 27.2 Å². The van der Waals surface area contributed by atoms with Crippen molar-refractivity contribution in [1.82, 2.24) is 15.0 Å². The van der Waals surface area contributed by atoms with Crippen LogP contribution in [0.2, 0.25) is 0 Å². The number of hydrogen-bond acceptors (Lipinski definition) is 5. The Balaban J connectivity index is 2.02. The quantitative estimate of drug-likeness (QED) is 0.823. The molecule has 1 aromatic rings. The predicted molar refractivity (Wildman–Crippen MR) is 68.3 cm³/mol. The first-order valence-electron chi connectivity index (χ1n) is 6.82. The Morgan fingerprint density at radius 3 is 2.61 bits per heavy atom. The van der Waals surface area contributed by atoms with Crippen molar-refractivity contribution >= 4 is 0 Å². The minimum Gasteiger partial charge on any atom is -0.373 e. The largest absolute Gasteiger partial charge is 0.373 e. The van der Waals surface area contributed by atoms with Crippen LogP contribution in [-0.4, -0.2) is 40.3 Å². The Kier molecular flexibility index (Phi) is 4.35. The van der Waals surface area contributed by atoms with Crippen LogP contribution < -0.4 is 0 Å².